The molecule has 102 valence electrons. The number of hydrogen-bond acceptors (Lipinski definition) is 3. The van der Waals surface area contributed by atoms with Crippen LogP contribution in [-0.4, -0.2) is 20.8 Å². The number of aromatic nitrogens is 3. The summed E-state index contributed by atoms with van der Waals surface area (Å²) in [5, 5.41) is 4.03. The highest BCUT2D eigenvalue weighted by Gasteiger charge is 2.03. The Labute approximate surface area is 123 Å². The maximum atomic E-state index is 12.1. The maximum Gasteiger partial charge on any atom is 0.276 e. The van der Waals surface area contributed by atoms with Crippen molar-refractivity contribution < 1.29 is 4.74 Å². The summed E-state index contributed by atoms with van der Waals surface area (Å²) < 4.78 is 9.78. The van der Waals surface area contributed by atoms with Gasteiger partial charge in [0.25, 0.3) is 5.56 Å². The summed E-state index contributed by atoms with van der Waals surface area (Å²) in [5.41, 5.74) is 0.498. The zero-order chi connectivity index (χ0) is 13.9. The fraction of sp³-hybridized carbons (Fsp3) is 0.143. The molecule has 2 aromatic heterocycles. The lowest BCUT2D eigenvalue weighted by molar-refractivity contribution is 0.296. The molecule has 0 aliphatic carbocycles. The molecule has 0 spiro atoms. The first kappa shape index (κ1) is 12.9. The van der Waals surface area contributed by atoms with Crippen molar-refractivity contribution in [2.45, 2.75) is 6.54 Å². The van der Waals surface area contributed by atoms with Gasteiger partial charge in [0, 0.05) is 16.9 Å². The van der Waals surface area contributed by atoms with Crippen LogP contribution in [0, 0.1) is 0 Å². The maximum absolute atomic E-state index is 12.1. The predicted octanol–water partition coefficient (Wildman–Crippen LogP) is 2.34. The van der Waals surface area contributed by atoms with Gasteiger partial charge in [0.15, 0.2) is 0 Å². The van der Waals surface area contributed by atoms with Crippen LogP contribution in [0.5, 0.6) is 5.75 Å². The lowest BCUT2D eigenvalue weighted by Gasteiger charge is -2.08. The monoisotopic (exact) mass is 333 g/mol. The van der Waals surface area contributed by atoms with Crippen LogP contribution in [0.1, 0.15) is 0 Å². The van der Waals surface area contributed by atoms with Crippen LogP contribution >= 0.6 is 15.9 Å². The summed E-state index contributed by atoms with van der Waals surface area (Å²) >= 11 is 3.39. The summed E-state index contributed by atoms with van der Waals surface area (Å²) in [6, 6.07) is 9.32. The molecule has 20 heavy (non-hydrogen) atoms. The minimum absolute atomic E-state index is 0.0668. The van der Waals surface area contributed by atoms with Crippen molar-refractivity contribution in [2.24, 2.45) is 0 Å². The second kappa shape index (κ2) is 5.50. The number of benzene rings is 1. The van der Waals surface area contributed by atoms with E-state index in [0.29, 0.717) is 18.7 Å². The molecular formula is C14H12BrN3O2. The highest BCUT2D eigenvalue weighted by atomic mass is 79.9. The average Bonchev–Trinajstić information content (AvgIpc) is 2.91. The molecule has 0 radical (unpaired) electrons. The van der Waals surface area contributed by atoms with E-state index < -0.39 is 0 Å². The van der Waals surface area contributed by atoms with E-state index in [-0.39, 0.29) is 5.56 Å². The Hall–Kier alpha value is -2.08. The highest BCUT2D eigenvalue weighted by molar-refractivity contribution is 9.10. The zero-order valence-electron chi connectivity index (χ0n) is 10.6. The van der Waals surface area contributed by atoms with Crippen molar-refractivity contribution in [3.8, 4) is 5.75 Å². The fourth-order valence-electron chi connectivity index (χ4n) is 1.96. The van der Waals surface area contributed by atoms with Crippen LogP contribution in [0.4, 0.5) is 0 Å². The molecule has 6 heteroatoms. The summed E-state index contributed by atoms with van der Waals surface area (Å²) in [4.78, 5) is 12.1. The Kier molecular flexibility index (Phi) is 3.56. The molecule has 3 rings (SSSR count). The van der Waals surface area contributed by atoms with E-state index in [0.717, 1.165) is 10.2 Å². The van der Waals surface area contributed by atoms with E-state index in [1.165, 1.54) is 0 Å². The predicted molar refractivity (Wildman–Crippen MR) is 79.1 cm³/mol. The molecule has 0 amide bonds. The molecule has 1 aromatic carbocycles. The van der Waals surface area contributed by atoms with Gasteiger partial charge in [-0.2, -0.15) is 5.10 Å². The Morgan fingerprint density at radius 2 is 2.15 bits per heavy atom. The number of hydrogen-bond donors (Lipinski definition) is 0. The lowest BCUT2D eigenvalue weighted by atomic mass is 10.3. The number of halogens is 1. The summed E-state index contributed by atoms with van der Waals surface area (Å²) in [6.45, 7) is 0.924. The molecular weight excluding hydrogens is 322 g/mol. The smallest absolute Gasteiger partial charge is 0.276 e. The molecule has 0 saturated carbocycles. The quantitative estimate of drug-likeness (QED) is 0.736. The third-order valence-electron chi connectivity index (χ3n) is 2.94. The minimum atomic E-state index is -0.0668. The lowest BCUT2D eigenvalue weighted by Crippen LogP contribution is -2.24. The van der Waals surface area contributed by atoms with E-state index in [1.54, 1.807) is 33.7 Å². The molecule has 0 saturated heterocycles. The Morgan fingerprint density at radius 1 is 1.25 bits per heavy atom. The molecule has 0 aliphatic rings. The van der Waals surface area contributed by atoms with Crippen molar-refractivity contribution in [2.75, 3.05) is 6.61 Å². The van der Waals surface area contributed by atoms with Gasteiger partial charge in [-0.15, -0.1) is 0 Å². The largest absolute Gasteiger partial charge is 0.492 e. The van der Waals surface area contributed by atoms with E-state index in [2.05, 4.69) is 21.0 Å². The van der Waals surface area contributed by atoms with Gasteiger partial charge in [0.2, 0.25) is 0 Å². The molecule has 0 fully saturated rings. The average molecular weight is 334 g/mol. The second-order valence-corrected chi connectivity index (χ2v) is 5.18. The fourth-order valence-corrected chi connectivity index (χ4v) is 2.33. The van der Waals surface area contributed by atoms with E-state index >= 15 is 0 Å². The van der Waals surface area contributed by atoms with Gasteiger partial charge in [-0.05, 0) is 24.3 Å². The molecule has 0 aliphatic heterocycles. The van der Waals surface area contributed by atoms with Gasteiger partial charge in [-0.25, -0.2) is 4.52 Å². The molecule has 0 N–H and O–H groups in total. The van der Waals surface area contributed by atoms with Gasteiger partial charge >= 0.3 is 0 Å². The zero-order valence-corrected chi connectivity index (χ0v) is 12.2. The second-order valence-electron chi connectivity index (χ2n) is 4.26. The normalized spacial score (nSPS) is 10.8. The van der Waals surface area contributed by atoms with Gasteiger partial charge in [0.05, 0.1) is 12.7 Å². The Balaban J connectivity index is 1.71. The van der Waals surface area contributed by atoms with E-state index in [9.17, 15) is 4.79 Å². The van der Waals surface area contributed by atoms with Crippen LogP contribution in [0.3, 0.4) is 0 Å². The number of ether oxygens (including phenoxy) is 1. The first-order valence-electron chi connectivity index (χ1n) is 6.15. The summed E-state index contributed by atoms with van der Waals surface area (Å²) in [5.74, 6) is 0.776. The van der Waals surface area contributed by atoms with Crippen LogP contribution in [0.25, 0.3) is 5.52 Å². The number of nitrogens with zero attached hydrogens (tertiary/aromatic N) is 3. The third kappa shape index (κ3) is 2.60. The highest BCUT2D eigenvalue weighted by Crippen LogP contribution is 2.17. The van der Waals surface area contributed by atoms with Crippen molar-refractivity contribution in [1.82, 2.24) is 14.2 Å². The Morgan fingerprint density at radius 3 is 3.00 bits per heavy atom. The van der Waals surface area contributed by atoms with Crippen LogP contribution < -0.4 is 10.3 Å². The molecule has 2 heterocycles. The summed E-state index contributed by atoms with van der Waals surface area (Å²) in [6.07, 6.45) is 5.08. The van der Waals surface area contributed by atoms with E-state index in [4.69, 9.17) is 4.74 Å². The number of fused-ring (bicyclic) bond motifs is 1. The molecule has 3 aromatic rings. The van der Waals surface area contributed by atoms with Crippen molar-refractivity contribution in [3.63, 3.8) is 0 Å². The first-order chi connectivity index (χ1) is 9.74. The van der Waals surface area contributed by atoms with Gasteiger partial charge in [-0.3, -0.25) is 4.79 Å². The Bertz CT molecular complexity index is 794. The van der Waals surface area contributed by atoms with Crippen molar-refractivity contribution in [3.05, 3.63) is 63.7 Å². The van der Waals surface area contributed by atoms with E-state index in [1.807, 2.05) is 24.3 Å². The third-order valence-corrected chi connectivity index (χ3v) is 3.43. The topological polar surface area (TPSA) is 48.5 Å². The minimum Gasteiger partial charge on any atom is -0.492 e. The van der Waals surface area contributed by atoms with Crippen molar-refractivity contribution in [1.29, 1.82) is 0 Å². The van der Waals surface area contributed by atoms with Crippen molar-refractivity contribution >= 4 is 21.4 Å². The molecule has 0 atom stereocenters. The first-order valence-corrected chi connectivity index (χ1v) is 6.94. The summed E-state index contributed by atoms with van der Waals surface area (Å²) in [7, 11) is 0. The van der Waals surface area contributed by atoms with Gasteiger partial charge in [0.1, 0.15) is 17.9 Å². The van der Waals surface area contributed by atoms with Crippen LogP contribution in [-0.2, 0) is 6.54 Å². The SMILES string of the molecule is O=c1c2ccnn2ccn1CCOc1cccc(Br)c1. The molecule has 0 unspecified atom stereocenters. The van der Waals surface area contributed by atoms with Gasteiger partial charge in [-0.1, -0.05) is 22.0 Å². The van der Waals surface area contributed by atoms with Crippen LogP contribution in [0.2, 0.25) is 0 Å². The standard InChI is InChI=1S/C14H12BrN3O2/c15-11-2-1-3-12(10-11)20-9-8-17-6-7-18-13(14(17)19)4-5-16-18/h1-7,10H,8-9H2. The molecule has 0 bridgehead atoms. The van der Waals surface area contributed by atoms with Gasteiger partial charge < -0.3 is 9.30 Å². The van der Waals surface area contributed by atoms with Crippen LogP contribution in [0.15, 0.2) is 58.2 Å². The number of rotatable bonds is 4. The molecule has 5 nitrogen and oxygen atoms in total.